The number of ketones is 1. The van der Waals surface area contributed by atoms with E-state index in [9.17, 15) is 14.7 Å². The molecule has 3 heterocycles. The Balaban J connectivity index is 1.53. The molecule has 10 heteroatoms. The summed E-state index contributed by atoms with van der Waals surface area (Å²) in [6.07, 6.45) is 2.30. The number of hydrogen-bond donors (Lipinski definition) is 1. The molecule has 0 radical (unpaired) electrons. The van der Waals surface area contributed by atoms with Crippen molar-refractivity contribution in [3.05, 3.63) is 65.8 Å². The lowest BCUT2D eigenvalue weighted by molar-refractivity contribution is -0.140. The van der Waals surface area contributed by atoms with Crippen LogP contribution >= 0.6 is 0 Å². The van der Waals surface area contributed by atoms with E-state index in [1.807, 2.05) is 6.92 Å². The summed E-state index contributed by atoms with van der Waals surface area (Å²) in [5, 5.41) is 11.5. The third-order valence-electron chi connectivity index (χ3n) is 7.27. The maximum absolute atomic E-state index is 13.5. The minimum Gasteiger partial charge on any atom is -0.507 e. The maximum atomic E-state index is 13.5. The van der Waals surface area contributed by atoms with Gasteiger partial charge in [0, 0.05) is 31.7 Å². The number of aliphatic hydroxyl groups excluding tert-OH is 1. The zero-order valence-electron chi connectivity index (χ0n) is 23.3. The van der Waals surface area contributed by atoms with E-state index in [2.05, 4.69) is 11.5 Å². The smallest absolute Gasteiger partial charge is 0.295 e. The first kappa shape index (κ1) is 28.5. The molecule has 5 rings (SSSR count). The van der Waals surface area contributed by atoms with Crippen molar-refractivity contribution >= 4 is 17.4 Å². The van der Waals surface area contributed by atoms with Crippen molar-refractivity contribution in [2.45, 2.75) is 19.4 Å². The average molecular weight is 565 g/mol. The molecule has 0 aromatic heterocycles. The Morgan fingerprint density at radius 3 is 2.54 bits per heavy atom. The quantitative estimate of drug-likeness (QED) is 0.190. The van der Waals surface area contributed by atoms with Gasteiger partial charge in [-0.25, -0.2) is 0 Å². The van der Waals surface area contributed by atoms with E-state index in [0.29, 0.717) is 86.7 Å². The first-order valence-electron chi connectivity index (χ1n) is 14.0. The van der Waals surface area contributed by atoms with Crippen LogP contribution in [-0.4, -0.2) is 92.4 Å². The molecule has 2 fully saturated rings. The molecular weight excluding hydrogens is 528 g/mol. The fraction of sp³-hybridized carbons (Fsp3) is 0.419. The molecule has 218 valence electrons. The van der Waals surface area contributed by atoms with Gasteiger partial charge >= 0.3 is 0 Å². The lowest BCUT2D eigenvalue weighted by atomic mass is 9.94. The fourth-order valence-electron chi connectivity index (χ4n) is 5.32. The Kier molecular flexibility index (Phi) is 9.11. The van der Waals surface area contributed by atoms with Gasteiger partial charge in [-0.3, -0.25) is 14.5 Å². The normalized spacial score (nSPS) is 20.2. The first-order chi connectivity index (χ1) is 20.0. The van der Waals surface area contributed by atoms with Crippen LogP contribution in [0.15, 0.2) is 54.6 Å². The van der Waals surface area contributed by atoms with E-state index >= 15 is 0 Å². The second-order valence-corrected chi connectivity index (χ2v) is 9.90. The minimum absolute atomic E-state index is 0.0141. The molecule has 10 nitrogen and oxygen atoms in total. The highest BCUT2D eigenvalue weighted by Gasteiger charge is 2.46. The molecule has 1 atom stereocenters. The van der Waals surface area contributed by atoms with E-state index in [1.54, 1.807) is 47.4 Å². The number of hydrogen-bond acceptors (Lipinski definition) is 9. The number of carbonyl (C=O) groups excluding carboxylic acids is 2. The molecule has 1 N–H and O–H groups in total. The Labute approximate surface area is 239 Å². The monoisotopic (exact) mass is 564 g/mol. The van der Waals surface area contributed by atoms with E-state index in [-0.39, 0.29) is 11.3 Å². The molecule has 3 aliphatic heterocycles. The zero-order chi connectivity index (χ0) is 28.8. The molecule has 0 spiro atoms. The Hall–Kier alpha value is -4.02. The maximum Gasteiger partial charge on any atom is 0.295 e. The van der Waals surface area contributed by atoms with Gasteiger partial charge in [0.1, 0.15) is 25.6 Å². The minimum atomic E-state index is -0.819. The van der Waals surface area contributed by atoms with Gasteiger partial charge in [-0.15, -0.1) is 0 Å². The molecule has 2 saturated heterocycles. The number of fused-ring (bicyclic) bond motifs is 1. The van der Waals surface area contributed by atoms with Crippen molar-refractivity contribution in [1.82, 2.24) is 9.80 Å². The fourth-order valence-corrected chi connectivity index (χ4v) is 5.32. The Bertz CT molecular complexity index is 1320. The molecule has 0 bridgehead atoms. The van der Waals surface area contributed by atoms with Crippen LogP contribution < -0.4 is 18.9 Å². The number of nitrogens with zero attached hydrogens (tertiary/aromatic N) is 2. The number of amides is 1. The first-order valence-corrected chi connectivity index (χ1v) is 14.0. The largest absolute Gasteiger partial charge is 0.507 e. The Morgan fingerprint density at radius 1 is 1.00 bits per heavy atom. The van der Waals surface area contributed by atoms with Crippen molar-refractivity contribution in [2.75, 3.05) is 65.8 Å². The van der Waals surface area contributed by atoms with Gasteiger partial charge < -0.3 is 33.7 Å². The van der Waals surface area contributed by atoms with Crippen LogP contribution in [0.3, 0.4) is 0 Å². The average Bonchev–Trinajstić information content (AvgIpc) is 3.25. The molecule has 1 amide bonds. The van der Waals surface area contributed by atoms with Crippen molar-refractivity contribution in [3.63, 3.8) is 0 Å². The van der Waals surface area contributed by atoms with Crippen molar-refractivity contribution in [2.24, 2.45) is 0 Å². The molecule has 0 unspecified atom stereocenters. The summed E-state index contributed by atoms with van der Waals surface area (Å²) in [7, 11) is 0. The summed E-state index contributed by atoms with van der Waals surface area (Å²) in [4.78, 5) is 30.8. The summed E-state index contributed by atoms with van der Waals surface area (Å²) in [5.74, 6) is 0.366. The Morgan fingerprint density at radius 2 is 1.78 bits per heavy atom. The number of aliphatic hydroxyl groups is 1. The molecule has 41 heavy (non-hydrogen) atoms. The van der Waals surface area contributed by atoms with E-state index < -0.39 is 17.7 Å². The van der Waals surface area contributed by atoms with Gasteiger partial charge in [-0.2, -0.15) is 0 Å². The number of carbonyl (C=O) groups is 2. The van der Waals surface area contributed by atoms with Crippen LogP contribution in [0.4, 0.5) is 0 Å². The van der Waals surface area contributed by atoms with Crippen molar-refractivity contribution in [1.29, 1.82) is 0 Å². The van der Waals surface area contributed by atoms with Crippen LogP contribution in [-0.2, 0) is 14.3 Å². The molecule has 0 aliphatic carbocycles. The molecule has 2 aromatic rings. The van der Waals surface area contributed by atoms with Gasteiger partial charge in [0.05, 0.1) is 31.4 Å². The van der Waals surface area contributed by atoms with E-state index in [1.165, 1.54) is 0 Å². The van der Waals surface area contributed by atoms with Gasteiger partial charge in [-0.1, -0.05) is 18.7 Å². The topological polar surface area (TPSA) is 107 Å². The van der Waals surface area contributed by atoms with Crippen LogP contribution in [0.5, 0.6) is 23.0 Å². The lowest BCUT2D eigenvalue weighted by Gasteiger charge is -2.29. The third-order valence-corrected chi connectivity index (χ3v) is 7.27. The van der Waals surface area contributed by atoms with Crippen molar-refractivity contribution < 1.29 is 38.4 Å². The summed E-state index contributed by atoms with van der Waals surface area (Å²) < 4.78 is 28.3. The summed E-state index contributed by atoms with van der Waals surface area (Å²) in [6.45, 7) is 11.2. The second-order valence-electron chi connectivity index (χ2n) is 9.90. The number of likely N-dealkylation sites (tertiary alicyclic amines) is 1. The van der Waals surface area contributed by atoms with E-state index in [0.717, 1.165) is 19.6 Å². The number of morpholine rings is 1. The van der Waals surface area contributed by atoms with E-state index in [4.69, 9.17) is 23.7 Å². The van der Waals surface area contributed by atoms with Gasteiger partial charge in [-0.05, 0) is 49.2 Å². The highest BCUT2D eigenvalue weighted by Crippen LogP contribution is 2.43. The second kappa shape index (κ2) is 13.1. The third kappa shape index (κ3) is 6.18. The standard InChI is InChI=1S/C31H36N2O8/c1-3-14-39-23-8-6-21(19-25(23)38-4-2)28-27(29(34)22-7-9-24-26(20-22)41-18-17-40-24)30(35)31(36)33(28)11-5-10-32-12-15-37-16-13-32/h3,6-9,19-20,28,34H,1,4-5,10-18H2,2H3/b29-27+/t28-/m0/s1. The van der Waals surface area contributed by atoms with Crippen LogP contribution in [0.2, 0.25) is 0 Å². The highest BCUT2D eigenvalue weighted by molar-refractivity contribution is 6.46. The van der Waals surface area contributed by atoms with Crippen LogP contribution in [0, 0.1) is 0 Å². The number of ether oxygens (including phenoxy) is 5. The number of Topliss-reactive ketones (excluding diaryl/α,β-unsaturated/α-hetero) is 1. The summed E-state index contributed by atoms with van der Waals surface area (Å²) in [5.41, 5.74) is 1.01. The predicted octanol–water partition coefficient (Wildman–Crippen LogP) is 3.57. The number of benzene rings is 2. The SMILES string of the molecule is C=CCOc1ccc([C@H]2/C(=C(\O)c3ccc4c(c3)OCCO4)C(=O)C(=O)N2CCCN2CCOCC2)cc1OCC. The summed E-state index contributed by atoms with van der Waals surface area (Å²) >= 11 is 0. The van der Waals surface area contributed by atoms with Gasteiger partial charge in [0.15, 0.2) is 23.0 Å². The number of rotatable bonds is 11. The lowest BCUT2D eigenvalue weighted by Crippen LogP contribution is -2.39. The van der Waals surface area contributed by atoms with Crippen LogP contribution in [0.1, 0.15) is 30.5 Å². The predicted molar refractivity (Wildman–Crippen MR) is 152 cm³/mol. The van der Waals surface area contributed by atoms with Crippen molar-refractivity contribution in [3.8, 4) is 23.0 Å². The van der Waals surface area contributed by atoms with Gasteiger partial charge in [0.25, 0.3) is 11.7 Å². The molecular formula is C31H36N2O8. The molecule has 3 aliphatic rings. The molecule has 0 saturated carbocycles. The highest BCUT2D eigenvalue weighted by atomic mass is 16.6. The molecule has 2 aromatic carbocycles. The van der Waals surface area contributed by atoms with Gasteiger partial charge in [0.2, 0.25) is 0 Å². The zero-order valence-corrected chi connectivity index (χ0v) is 23.3. The van der Waals surface area contributed by atoms with Crippen LogP contribution in [0.25, 0.3) is 5.76 Å². The summed E-state index contributed by atoms with van der Waals surface area (Å²) in [6, 6.07) is 9.47.